The fourth-order valence-electron chi connectivity index (χ4n) is 2.51. The highest BCUT2D eigenvalue weighted by atomic mass is 35.5. The Morgan fingerprint density at radius 3 is 2.35 bits per heavy atom. The van der Waals surface area contributed by atoms with Crippen LogP contribution in [0.3, 0.4) is 0 Å². The molecule has 116 valence electrons. The van der Waals surface area contributed by atoms with E-state index in [1.54, 1.807) is 6.20 Å². The number of aliphatic hydroxyl groups is 1. The summed E-state index contributed by atoms with van der Waals surface area (Å²) >= 11 is 6.14. The lowest BCUT2D eigenvalue weighted by Gasteiger charge is -2.16. The Morgan fingerprint density at radius 1 is 1.15 bits per heavy atom. The van der Waals surface area contributed by atoms with Crippen LogP contribution in [0, 0.1) is 0 Å². The highest BCUT2D eigenvalue weighted by Gasteiger charge is 2.19. The van der Waals surface area contributed by atoms with E-state index in [9.17, 15) is 5.11 Å². The lowest BCUT2D eigenvalue weighted by molar-refractivity contribution is 0.150. The van der Waals surface area contributed by atoms with Crippen molar-refractivity contribution in [1.82, 2.24) is 9.78 Å². The van der Waals surface area contributed by atoms with Crippen LogP contribution in [0.4, 0.5) is 0 Å². The van der Waals surface area contributed by atoms with Gasteiger partial charge in [0.1, 0.15) is 0 Å². The molecule has 3 nitrogen and oxygen atoms in total. The highest BCUT2D eigenvalue weighted by Crippen LogP contribution is 2.28. The molecule has 0 bridgehead atoms. The van der Waals surface area contributed by atoms with E-state index in [4.69, 9.17) is 11.6 Å². The molecule has 0 saturated carbocycles. The number of hydrogen-bond donors (Lipinski definition) is 1. The first kappa shape index (κ1) is 17.5. The van der Waals surface area contributed by atoms with Gasteiger partial charge in [-0.25, -0.2) is 0 Å². The second kappa shape index (κ2) is 9.41. The topological polar surface area (TPSA) is 38.1 Å². The van der Waals surface area contributed by atoms with E-state index >= 15 is 0 Å². The molecule has 20 heavy (non-hydrogen) atoms. The van der Waals surface area contributed by atoms with Crippen molar-refractivity contribution in [3.05, 3.63) is 16.9 Å². The molecule has 0 aliphatic carbocycles. The van der Waals surface area contributed by atoms with Crippen LogP contribution in [0.5, 0.6) is 0 Å². The van der Waals surface area contributed by atoms with Gasteiger partial charge in [-0.2, -0.15) is 5.10 Å². The summed E-state index contributed by atoms with van der Waals surface area (Å²) in [4.78, 5) is 0. The third-order valence-corrected chi connectivity index (χ3v) is 3.96. The van der Waals surface area contributed by atoms with E-state index in [1.807, 2.05) is 18.5 Å². The zero-order chi connectivity index (χ0) is 15.0. The maximum atomic E-state index is 10.3. The van der Waals surface area contributed by atoms with Gasteiger partial charge in [-0.1, -0.05) is 63.5 Å². The number of halogens is 1. The van der Waals surface area contributed by atoms with Crippen LogP contribution in [0.1, 0.15) is 90.0 Å². The van der Waals surface area contributed by atoms with Crippen molar-refractivity contribution in [2.45, 2.75) is 84.3 Å². The lowest BCUT2D eigenvalue weighted by atomic mass is 10.0. The first-order valence-corrected chi connectivity index (χ1v) is 8.36. The van der Waals surface area contributed by atoms with Crippen LogP contribution in [0.15, 0.2) is 6.20 Å². The summed E-state index contributed by atoms with van der Waals surface area (Å²) in [6.45, 7) is 6.33. The summed E-state index contributed by atoms with van der Waals surface area (Å²) in [7, 11) is 0. The Hall–Kier alpha value is -0.540. The summed E-state index contributed by atoms with van der Waals surface area (Å²) in [6, 6.07) is 0.223. The quantitative estimate of drug-likeness (QED) is 0.596. The monoisotopic (exact) mass is 300 g/mol. The van der Waals surface area contributed by atoms with Crippen LogP contribution in [-0.4, -0.2) is 14.9 Å². The van der Waals surface area contributed by atoms with Crippen LogP contribution >= 0.6 is 11.6 Å². The van der Waals surface area contributed by atoms with Gasteiger partial charge < -0.3 is 5.11 Å². The second-order valence-corrected chi connectivity index (χ2v) is 6.25. The lowest BCUT2D eigenvalue weighted by Crippen LogP contribution is -2.11. The van der Waals surface area contributed by atoms with Gasteiger partial charge in [0, 0.05) is 6.04 Å². The highest BCUT2D eigenvalue weighted by molar-refractivity contribution is 6.31. The van der Waals surface area contributed by atoms with E-state index in [0.717, 1.165) is 18.5 Å². The number of aromatic nitrogens is 2. The maximum Gasteiger partial charge on any atom is 0.0972 e. The normalized spacial score (nSPS) is 13.1. The van der Waals surface area contributed by atoms with E-state index in [1.165, 1.54) is 38.5 Å². The number of unbranched alkanes of at least 4 members (excludes halogenated alkanes) is 6. The molecule has 1 unspecified atom stereocenters. The molecule has 1 heterocycles. The largest absolute Gasteiger partial charge is 0.387 e. The summed E-state index contributed by atoms with van der Waals surface area (Å²) in [6.07, 6.45) is 10.7. The molecule has 1 aromatic heterocycles. The summed E-state index contributed by atoms with van der Waals surface area (Å²) in [5.74, 6) is 0. The molecule has 0 aliphatic heterocycles. The fraction of sp³-hybridized carbons (Fsp3) is 0.812. The molecule has 0 radical (unpaired) electrons. The van der Waals surface area contributed by atoms with Crippen LogP contribution in [-0.2, 0) is 0 Å². The first-order chi connectivity index (χ1) is 9.57. The molecular formula is C16H29ClN2O. The Kier molecular flexibility index (Phi) is 8.24. The Bertz CT molecular complexity index is 377. The Balaban J connectivity index is 2.32. The first-order valence-electron chi connectivity index (χ1n) is 7.98. The molecule has 0 fully saturated rings. The van der Waals surface area contributed by atoms with E-state index in [2.05, 4.69) is 12.0 Å². The summed E-state index contributed by atoms with van der Waals surface area (Å²) in [5.41, 5.74) is 0.771. The zero-order valence-electron chi connectivity index (χ0n) is 13.1. The van der Waals surface area contributed by atoms with Gasteiger partial charge in [0.25, 0.3) is 0 Å². The van der Waals surface area contributed by atoms with Gasteiger partial charge in [0.15, 0.2) is 0 Å². The van der Waals surface area contributed by atoms with Gasteiger partial charge in [-0.15, -0.1) is 0 Å². The molecule has 0 aliphatic rings. The summed E-state index contributed by atoms with van der Waals surface area (Å²) in [5, 5.41) is 15.1. The predicted molar refractivity (Wildman–Crippen MR) is 85.2 cm³/mol. The second-order valence-electron chi connectivity index (χ2n) is 5.84. The van der Waals surface area contributed by atoms with Crippen LogP contribution in [0.25, 0.3) is 0 Å². The van der Waals surface area contributed by atoms with Crippen molar-refractivity contribution in [2.75, 3.05) is 0 Å². The van der Waals surface area contributed by atoms with E-state index in [-0.39, 0.29) is 6.04 Å². The fourth-order valence-corrected chi connectivity index (χ4v) is 2.76. The standard InChI is InChI=1S/C16H29ClN2O/c1-4-5-6-7-8-9-10-11-15(20)16-14(17)12-18-19(16)13(2)3/h12-13,15,20H,4-11H2,1-3H3. The molecule has 1 atom stereocenters. The van der Waals surface area contributed by atoms with E-state index in [0.29, 0.717) is 5.02 Å². The number of rotatable bonds is 10. The maximum absolute atomic E-state index is 10.3. The minimum Gasteiger partial charge on any atom is -0.387 e. The van der Waals surface area contributed by atoms with Gasteiger partial charge >= 0.3 is 0 Å². The molecule has 1 aromatic rings. The van der Waals surface area contributed by atoms with Crippen molar-refractivity contribution in [3.8, 4) is 0 Å². The minimum atomic E-state index is -0.497. The average Bonchev–Trinajstić information content (AvgIpc) is 2.79. The SMILES string of the molecule is CCCCCCCCCC(O)c1c(Cl)cnn1C(C)C. The number of aliphatic hydroxyl groups excluding tert-OH is 1. The molecule has 4 heteroatoms. The molecule has 1 N–H and O–H groups in total. The molecular weight excluding hydrogens is 272 g/mol. The minimum absolute atomic E-state index is 0.223. The smallest absolute Gasteiger partial charge is 0.0972 e. The predicted octanol–water partition coefficient (Wildman–Crippen LogP) is 5.29. The van der Waals surface area contributed by atoms with Crippen molar-refractivity contribution >= 4 is 11.6 Å². The summed E-state index contributed by atoms with van der Waals surface area (Å²) < 4.78 is 1.83. The average molecular weight is 301 g/mol. The van der Waals surface area contributed by atoms with Crippen molar-refractivity contribution in [2.24, 2.45) is 0 Å². The van der Waals surface area contributed by atoms with Gasteiger partial charge in [-0.05, 0) is 20.3 Å². The Morgan fingerprint density at radius 2 is 1.75 bits per heavy atom. The van der Waals surface area contributed by atoms with Crippen LogP contribution in [0.2, 0.25) is 5.02 Å². The third kappa shape index (κ3) is 5.45. The molecule has 0 spiro atoms. The van der Waals surface area contributed by atoms with Crippen molar-refractivity contribution in [3.63, 3.8) is 0 Å². The number of nitrogens with zero attached hydrogens (tertiary/aromatic N) is 2. The van der Waals surface area contributed by atoms with Crippen molar-refractivity contribution in [1.29, 1.82) is 0 Å². The van der Waals surface area contributed by atoms with Crippen LogP contribution < -0.4 is 0 Å². The molecule has 0 aromatic carbocycles. The molecule has 0 saturated heterocycles. The molecule has 0 amide bonds. The van der Waals surface area contributed by atoms with Gasteiger partial charge in [0.05, 0.1) is 23.0 Å². The van der Waals surface area contributed by atoms with Gasteiger partial charge in [0.2, 0.25) is 0 Å². The van der Waals surface area contributed by atoms with Crippen molar-refractivity contribution < 1.29 is 5.11 Å². The Labute approximate surface area is 128 Å². The third-order valence-electron chi connectivity index (χ3n) is 3.67. The van der Waals surface area contributed by atoms with Gasteiger partial charge in [-0.3, -0.25) is 4.68 Å². The number of hydrogen-bond acceptors (Lipinski definition) is 2. The molecule has 1 rings (SSSR count). The zero-order valence-corrected chi connectivity index (χ0v) is 13.9. The van der Waals surface area contributed by atoms with E-state index < -0.39 is 6.10 Å².